The van der Waals surface area contributed by atoms with Crippen molar-refractivity contribution in [2.24, 2.45) is 5.92 Å². The molecule has 1 aliphatic heterocycles. The zero-order valence-corrected chi connectivity index (χ0v) is 21.3. The summed E-state index contributed by atoms with van der Waals surface area (Å²) in [7, 11) is 4.32. The average Bonchev–Trinajstić information content (AvgIpc) is 3.17. The number of aryl methyl sites for hydroxylation is 1. The van der Waals surface area contributed by atoms with Gasteiger partial charge < -0.3 is 20.9 Å². The number of fused-ring (bicyclic) bond motifs is 1. The summed E-state index contributed by atoms with van der Waals surface area (Å²) in [5.74, 6) is 2.80. The van der Waals surface area contributed by atoms with Gasteiger partial charge in [0.25, 0.3) is 0 Å². The molecule has 1 atom stereocenters. The van der Waals surface area contributed by atoms with Crippen LogP contribution in [-0.2, 0) is 6.42 Å². The van der Waals surface area contributed by atoms with Crippen molar-refractivity contribution in [2.75, 3.05) is 49.7 Å². The van der Waals surface area contributed by atoms with Gasteiger partial charge in [-0.1, -0.05) is 19.4 Å². The fourth-order valence-electron chi connectivity index (χ4n) is 4.96. The average molecular weight is 466 g/mol. The summed E-state index contributed by atoms with van der Waals surface area (Å²) < 4.78 is 1.81. The molecule has 3 aromatic heterocycles. The number of nitrogens with zero attached hydrogens (tertiary/aromatic N) is 7. The van der Waals surface area contributed by atoms with E-state index in [0.29, 0.717) is 23.8 Å². The number of imidazole rings is 1. The minimum Gasteiger partial charge on any atom is -0.380 e. The molecule has 9 nitrogen and oxygen atoms in total. The van der Waals surface area contributed by atoms with E-state index in [1.165, 1.54) is 24.9 Å². The molecule has 1 unspecified atom stereocenters. The Morgan fingerprint density at radius 1 is 1.21 bits per heavy atom. The molecule has 34 heavy (non-hydrogen) atoms. The van der Waals surface area contributed by atoms with Gasteiger partial charge >= 0.3 is 0 Å². The van der Waals surface area contributed by atoms with Crippen molar-refractivity contribution in [1.29, 1.82) is 0 Å². The smallest absolute Gasteiger partial charge is 0.243 e. The van der Waals surface area contributed by atoms with Gasteiger partial charge in [0.2, 0.25) is 5.95 Å². The van der Waals surface area contributed by atoms with E-state index in [9.17, 15) is 0 Å². The Morgan fingerprint density at radius 3 is 2.65 bits per heavy atom. The van der Waals surface area contributed by atoms with Gasteiger partial charge in [0.15, 0.2) is 11.5 Å². The van der Waals surface area contributed by atoms with E-state index in [0.717, 1.165) is 48.9 Å². The summed E-state index contributed by atoms with van der Waals surface area (Å²) in [4.78, 5) is 18.4. The van der Waals surface area contributed by atoms with Crippen molar-refractivity contribution in [3.8, 4) is 0 Å². The van der Waals surface area contributed by atoms with E-state index < -0.39 is 0 Å². The van der Waals surface area contributed by atoms with Crippen molar-refractivity contribution in [2.45, 2.75) is 58.9 Å². The number of rotatable bonds is 9. The maximum atomic E-state index is 6.18. The monoisotopic (exact) mass is 465 g/mol. The summed E-state index contributed by atoms with van der Waals surface area (Å²) >= 11 is 0. The van der Waals surface area contributed by atoms with Crippen LogP contribution in [0, 0.1) is 12.8 Å². The maximum absolute atomic E-state index is 6.18. The molecular weight excluding hydrogens is 426 g/mol. The molecule has 0 bridgehead atoms. The lowest BCUT2D eigenvalue weighted by Crippen LogP contribution is -2.37. The first-order chi connectivity index (χ1) is 16.3. The number of piperidine rings is 1. The largest absolute Gasteiger partial charge is 0.380 e. The zero-order valence-electron chi connectivity index (χ0n) is 21.3. The fourth-order valence-corrected chi connectivity index (χ4v) is 4.96. The first kappa shape index (κ1) is 24.2. The van der Waals surface area contributed by atoms with E-state index in [4.69, 9.17) is 10.7 Å². The molecule has 0 aliphatic carbocycles. The van der Waals surface area contributed by atoms with Crippen molar-refractivity contribution in [3.63, 3.8) is 0 Å². The summed E-state index contributed by atoms with van der Waals surface area (Å²) in [5, 5.41) is 8.03. The van der Waals surface area contributed by atoms with E-state index in [-0.39, 0.29) is 6.04 Å². The third kappa shape index (κ3) is 5.58. The summed E-state index contributed by atoms with van der Waals surface area (Å²) in [6.45, 7) is 9.76. The predicted molar refractivity (Wildman–Crippen MR) is 138 cm³/mol. The number of aromatic nitrogens is 5. The number of hydrogen-bond donors (Lipinski definition) is 2. The molecule has 0 radical (unpaired) electrons. The predicted octanol–water partition coefficient (Wildman–Crippen LogP) is 3.38. The van der Waals surface area contributed by atoms with Crippen LogP contribution in [-0.4, -0.2) is 69.2 Å². The van der Waals surface area contributed by atoms with Crippen LogP contribution >= 0.6 is 0 Å². The minimum atomic E-state index is 0.279. The molecular formula is C25H39N9. The normalized spacial score (nSPS) is 15.9. The second kappa shape index (κ2) is 10.5. The number of hydrogen-bond acceptors (Lipinski definition) is 8. The van der Waals surface area contributed by atoms with Gasteiger partial charge in [-0.3, -0.25) is 0 Å². The lowest BCUT2D eigenvalue weighted by atomic mass is 9.96. The first-order valence-corrected chi connectivity index (χ1v) is 12.5. The van der Waals surface area contributed by atoms with Gasteiger partial charge in [0.05, 0.1) is 11.9 Å². The molecule has 4 heterocycles. The second-order valence-electron chi connectivity index (χ2n) is 9.99. The molecule has 9 heteroatoms. The van der Waals surface area contributed by atoms with Crippen LogP contribution in [0.5, 0.6) is 0 Å². The number of nitrogens with one attached hydrogen (secondary N) is 1. The third-order valence-electron chi connectivity index (χ3n) is 6.59. The van der Waals surface area contributed by atoms with E-state index >= 15 is 0 Å². The molecule has 1 fully saturated rings. The molecule has 1 saturated heterocycles. The summed E-state index contributed by atoms with van der Waals surface area (Å²) in [5.41, 5.74) is 10.1. The van der Waals surface area contributed by atoms with Crippen molar-refractivity contribution in [1.82, 2.24) is 29.5 Å². The Balaban J connectivity index is 1.48. The maximum Gasteiger partial charge on any atom is 0.243 e. The van der Waals surface area contributed by atoms with Crippen LogP contribution in [0.15, 0.2) is 18.5 Å². The standard InChI is InChI=1S/C25H39N9/c1-6-7-18(3)29-25-30-22(26)24-28-15-21(34(24)31-25)13-20-12-17(2)23(27-14-20)33-10-8-19(9-11-33)16-32(4)5/h12,14-15,18-19H,6-11,13,16H2,1-5H3,(H3,26,29,30,31). The van der Waals surface area contributed by atoms with Crippen LogP contribution in [0.3, 0.4) is 0 Å². The molecule has 184 valence electrons. The van der Waals surface area contributed by atoms with E-state index in [1.807, 2.05) is 16.9 Å². The second-order valence-corrected chi connectivity index (χ2v) is 9.99. The highest BCUT2D eigenvalue weighted by Gasteiger charge is 2.22. The molecule has 1 aliphatic rings. The van der Waals surface area contributed by atoms with Gasteiger partial charge in [-0.25, -0.2) is 14.5 Å². The summed E-state index contributed by atoms with van der Waals surface area (Å²) in [6.07, 6.45) is 9.08. The van der Waals surface area contributed by atoms with Crippen molar-refractivity contribution in [3.05, 3.63) is 35.3 Å². The molecule has 0 spiro atoms. The quantitative estimate of drug-likeness (QED) is 0.496. The minimum absolute atomic E-state index is 0.279. The Kier molecular flexibility index (Phi) is 7.50. The zero-order chi connectivity index (χ0) is 24.2. The first-order valence-electron chi connectivity index (χ1n) is 12.5. The Labute approximate surface area is 202 Å². The highest BCUT2D eigenvalue weighted by atomic mass is 15.3. The fraction of sp³-hybridized carbons (Fsp3) is 0.600. The van der Waals surface area contributed by atoms with Crippen LogP contribution in [0.4, 0.5) is 17.6 Å². The molecule has 0 amide bonds. The van der Waals surface area contributed by atoms with Crippen LogP contribution in [0.1, 0.15) is 56.4 Å². The molecule has 3 aromatic rings. The highest BCUT2D eigenvalue weighted by molar-refractivity contribution is 5.61. The van der Waals surface area contributed by atoms with Gasteiger partial charge in [0, 0.05) is 38.3 Å². The molecule has 0 aromatic carbocycles. The Hall–Kier alpha value is -2.94. The molecule has 4 rings (SSSR count). The van der Waals surface area contributed by atoms with Gasteiger partial charge in [-0.2, -0.15) is 4.98 Å². The summed E-state index contributed by atoms with van der Waals surface area (Å²) in [6, 6.07) is 2.52. The number of nitrogens with two attached hydrogens (primary N) is 1. The van der Waals surface area contributed by atoms with Gasteiger partial charge in [0.1, 0.15) is 5.82 Å². The number of nitrogen functional groups attached to an aromatic ring is 1. The van der Waals surface area contributed by atoms with Crippen molar-refractivity contribution >= 4 is 23.2 Å². The Bertz CT molecular complexity index is 1100. The lowest BCUT2D eigenvalue weighted by Gasteiger charge is -2.34. The third-order valence-corrected chi connectivity index (χ3v) is 6.59. The van der Waals surface area contributed by atoms with Crippen LogP contribution in [0.2, 0.25) is 0 Å². The molecule has 3 N–H and O–H groups in total. The SMILES string of the molecule is CCCC(C)Nc1nc(N)c2ncc(Cc3cnc(N4CCC(CN(C)C)CC4)c(C)c3)n2n1. The van der Waals surface area contributed by atoms with Gasteiger partial charge in [-0.15, -0.1) is 5.10 Å². The van der Waals surface area contributed by atoms with Crippen molar-refractivity contribution < 1.29 is 0 Å². The van der Waals surface area contributed by atoms with E-state index in [2.05, 4.69) is 71.1 Å². The lowest BCUT2D eigenvalue weighted by molar-refractivity contribution is 0.284. The number of pyridine rings is 1. The van der Waals surface area contributed by atoms with Crippen LogP contribution < -0.4 is 16.0 Å². The Morgan fingerprint density at radius 2 is 1.97 bits per heavy atom. The number of anilines is 3. The molecule has 0 saturated carbocycles. The highest BCUT2D eigenvalue weighted by Crippen LogP contribution is 2.26. The van der Waals surface area contributed by atoms with Gasteiger partial charge in [-0.05, 0) is 64.3 Å². The topological polar surface area (TPSA) is 100 Å². The van der Waals surface area contributed by atoms with Crippen LogP contribution in [0.25, 0.3) is 5.65 Å². The van der Waals surface area contributed by atoms with E-state index in [1.54, 1.807) is 0 Å².